The van der Waals surface area contributed by atoms with Crippen molar-refractivity contribution in [2.24, 2.45) is 0 Å². The molecule has 0 saturated carbocycles. The van der Waals surface area contributed by atoms with Gasteiger partial charge in [0.25, 0.3) is 0 Å². The Balaban J connectivity index is 2.56. The summed E-state index contributed by atoms with van der Waals surface area (Å²) in [6, 6.07) is 5.02. The first-order chi connectivity index (χ1) is 8.69. The lowest BCUT2D eigenvalue weighted by Gasteiger charge is -2.06. The summed E-state index contributed by atoms with van der Waals surface area (Å²) in [6.07, 6.45) is 0.731. The predicted molar refractivity (Wildman–Crippen MR) is 68.1 cm³/mol. The predicted octanol–water partition coefficient (Wildman–Crippen LogP) is 1.38. The highest BCUT2D eigenvalue weighted by atomic mass is 16.6. The molecule has 0 atom stereocenters. The lowest BCUT2D eigenvalue weighted by Crippen LogP contribution is -2.21. The van der Waals surface area contributed by atoms with Crippen LogP contribution in [-0.2, 0) is 11.2 Å². The number of methoxy groups -OCH3 is 2. The van der Waals surface area contributed by atoms with E-state index in [-0.39, 0.29) is 11.4 Å². The molecule has 100 valence electrons. The highest BCUT2D eigenvalue weighted by Crippen LogP contribution is 2.27. The van der Waals surface area contributed by atoms with E-state index in [9.17, 15) is 10.1 Å². The summed E-state index contributed by atoms with van der Waals surface area (Å²) in [6.45, 7) is 2.18. The van der Waals surface area contributed by atoms with E-state index in [1.807, 2.05) is 6.07 Å². The van der Waals surface area contributed by atoms with Crippen LogP contribution in [0.25, 0.3) is 0 Å². The number of nitrogens with zero attached hydrogens (tertiary/aromatic N) is 1. The highest BCUT2D eigenvalue weighted by Gasteiger charge is 2.14. The van der Waals surface area contributed by atoms with Gasteiger partial charge in [-0.2, -0.15) is 0 Å². The Morgan fingerprint density at radius 2 is 2.11 bits per heavy atom. The van der Waals surface area contributed by atoms with Gasteiger partial charge in [-0.1, -0.05) is 6.07 Å². The molecule has 0 saturated heterocycles. The maximum atomic E-state index is 10.8. The van der Waals surface area contributed by atoms with E-state index in [1.54, 1.807) is 19.2 Å². The summed E-state index contributed by atoms with van der Waals surface area (Å²) >= 11 is 0. The third-order valence-electron chi connectivity index (χ3n) is 2.51. The zero-order chi connectivity index (χ0) is 13.4. The molecule has 0 aliphatic rings. The van der Waals surface area contributed by atoms with E-state index >= 15 is 0 Å². The topological polar surface area (TPSA) is 73.6 Å². The van der Waals surface area contributed by atoms with E-state index in [0.717, 1.165) is 25.1 Å². The molecule has 1 aromatic rings. The minimum atomic E-state index is -0.430. The first-order valence-corrected chi connectivity index (χ1v) is 5.70. The molecule has 0 amide bonds. The quantitative estimate of drug-likeness (QED) is 0.431. The van der Waals surface area contributed by atoms with Crippen molar-refractivity contribution in [1.29, 1.82) is 0 Å². The molecule has 0 fully saturated rings. The summed E-state index contributed by atoms with van der Waals surface area (Å²) in [5.74, 6) is 0.288. The lowest BCUT2D eigenvalue weighted by molar-refractivity contribution is -0.385. The Hall–Kier alpha value is -1.66. The highest BCUT2D eigenvalue weighted by molar-refractivity contribution is 5.48. The van der Waals surface area contributed by atoms with Gasteiger partial charge in [0.1, 0.15) is 0 Å². The van der Waals surface area contributed by atoms with Gasteiger partial charge in [0.2, 0.25) is 0 Å². The van der Waals surface area contributed by atoms with Crippen molar-refractivity contribution in [3.8, 4) is 5.75 Å². The first kappa shape index (κ1) is 14.4. The fraction of sp³-hybridized carbons (Fsp3) is 0.500. The standard InChI is InChI=1S/C12H18N2O4/c1-17-8-7-13-6-5-10-3-4-12(18-2)11(9-10)14(15)16/h3-4,9,13H,5-8H2,1-2H3. The lowest BCUT2D eigenvalue weighted by atomic mass is 10.1. The Labute approximate surface area is 106 Å². The average molecular weight is 254 g/mol. The average Bonchev–Trinajstić information content (AvgIpc) is 2.38. The number of benzene rings is 1. The van der Waals surface area contributed by atoms with Crippen molar-refractivity contribution < 1.29 is 14.4 Å². The van der Waals surface area contributed by atoms with Crippen molar-refractivity contribution in [3.05, 3.63) is 33.9 Å². The third kappa shape index (κ3) is 4.31. The summed E-state index contributed by atoms with van der Waals surface area (Å²) in [7, 11) is 3.07. The Bertz CT molecular complexity index is 396. The molecule has 0 spiro atoms. The molecule has 1 N–H and O–H groups in total. The van der Waals surface area contributed by atoms with Gasteiger partial charge >= 0.3 is 5.69 Å². The summed E-state index contributed by atoms with van der Waals surface area (Å²) in [5.41, 5.74) is 0.916. The molecule has 1 rings (SSSR count). The maximum absolute atomic E-state index is 10.8. The molecule has 6 heteroatoms. The largest absolute Gasteiger partial charge is 0.490 e. The number of nitro benzene ring substituents is 1. The fourth-order valence-corrected chi connectivity index (χ4v) is 1.57. The third-order valence-corrected chi connectivity index (χ3v) is 2.51. The molecule has 0 bridgehead atoms. The number of nitrogens with one attached hydrogen (secondary N) is 1. The van der Waals surface area contributed by atoms with Gasteiger partial charge < -0.3 is 14.8 Å². The Kier molecular flexibility index (Phi) is 6.10. The van der Waals surface area contributed by atoms with Crippen molar-refractivity contribution in [2.45, 2.75) is 6.42 Å². The van der Waals surface area contributed by atoms with Gasteiger partial charge in [-0.15, -0.1) is 0 Å². The van der Waals surface area contributed by atoms with Crippen LogP contribution in [0.2, 0.25) is 0 Å². The second-order valence-electron chi connectivity index (χ2n) is 3.76. The monoisotopic (exact) mass is 254 g/mol. The maximum Gasteiger partial charge on any atom is 0.311 e. The van der Waals surface area contributed by atoms with Crippen molar-refractivity contribution in [2.75, 3.05) is 33.9 Å². The molecule has 0 aliphatic carbocycles. The molecule has 0 aliphatic heterocycles. The molecular weight excluding hydrogens is 236 g/mol. The van der Waals surface area contributed by atoms with Crippen LogP contribution in [0.4, 0.5) is 5.69 Å². The van der Waals surface area contributed by atoms with Crippen LogP contribution in [-0.4, -0.2) is 38.8 Å². The molecule has 0 aromatic heterocycles. The molecule has 6 nitrogen and oxygen atoms in total. The number of rotatable bonds is 8. The SMILES string of the molecule is COCCNCCc1ccc(OC)c([N+](=O)[O-])c1. The van der Waals surface area contributed by atoms with Gasteiger partial charge in [0.15, 0.2) is 5.75 Å². The molecule has 1 aromatic carbocycles. The number of hydrogen-bond donors (Lipinski definition) is 1. The van der Waals surface area contributed by atoms with Crippen LogP contribution < -0.4 is 10.1 Å². The van der Waals surface area contributed by atoms with Crippen LogP contribution in [0.5, 0.6) is 5.75 Å². The van der Waals surface area contributed by atoms with Crippen molar-refractivity contribution >= 4 is 5.69 Å². The zero-order valence-corrected chi connectivity index (χ0v) is 10.6. The Morgan fingerprint density at radius 1 is 1.33 bits per heavy atom. The molecule has 0 unspecified atom stereocenters. The second kappa shape index (κ2) is 7.62. The smallest absolute Gasteiger partial charge is 0.311 e. The summed E-state index contributed by atoms with van der Waals surface area (Å²) < 4.78 is 9.85. The second-order valence-corrected chi connectivity index (χ2v) is 3.76. The van der Waals surface area contributed by atoms with E-state index < -0.39 is 4.92 Å². The minimum Gasteiger partial charge on any atom is -0.490 e. The van der Waals surface area contributed by atoms with Gasteiger partial charge in [-0.05, 0) is 24.6 Å². The molecule has 0 heterocycles. The first-order valence-electron chi connectivity index (χ1n) is 5.70. The van der Waals surface area contributed by atoms with Crippen molar-refractivity contribution in [3.63, 3.8) is 0 Å². The van der Waals surface area contributed by atoms with E-state index in [0.29, 0.717) is 6.61 Å². The normalized spacial score (nSPS) is 10.3. The number of nitro groups is 1. The Morgan fingerprint density at radius 3 is 2.72 bits per heavy atom. The summed E-state index contributed by atoms with van der Waals surface area (Å²) in [4.78, 5) is 10.4. The van der Waals surface area contributed by atoms with E-state index in [2.05, 4.69) is 5.32 Å². The minimum absolute atomic E-state index is 0.00638. The van der Waals surface area contributed by atoms with Gasteiger partial charge in [-0.25, -0.2) is 0 Å². The van der Waals surface area contributed by atoms with Gasteiger partial charge in [-0.3, -0.25) is 10.1 Å². The van der Waals surface area contributed by atoms with Crippen LogP contribution in [0.3, 0.4) is 0 Å². The molecular formula is C12H18N2O4. The molecule has 0 radical (unpaired) electrons. The summed E-state index contributed by atoms with van der Waals surface area (Å²) in [5, 5.41) is 14.0. The van der Waals surface area contributed by atoms with Crippen LogP contribution in [0.1, 0.15) is 5.56 Å². The van der Waals surface area contributed by atoms with Crippen LogP contribution in [0, 0.1) is 10.1 Å². The van der Waals surface area contributed by atoms with Gasteiger partial charge in [0, 0.05) is 19.7 Å². The van der Waals surface area contributed by atoms with Crippen molar-refractivity contribution in [1.82, 2.24) is 5.32 Å². The number of hydrogen-bond acceptors (Lipinski definition) is 5. The van der Waals surface area contributed by atoms with Crippen LogP contribution >= 0.6 is 0 Å². The molecule has 18 heavy (non-hydrogen) atoms. The zero-order valence-electron chi connectivity index (χ0n) is 10.6. The van der Waals surface area contributed by atoms with E-state index in [1.165, 1.54) is 7.11 Å². The van der Waals surface area contributed by atoms with E-state index in [4.69, 9.17) is 9.47 Å². The number of ether oxygens (including phenoxy) is 2. The van der Waals surface area contributed by atoms with Crippen LogP contribution in [0.15, 0.2) is 18.2 Å². The van der Waals surface area contributed by atoms with Gasteiger partial charge in [0.05, 0.1) is 18.6 Å². The fourth-order valence-electron chi connectivity index (χ4n) is 1.57.